The Balaban J connectivity index is 1.60. The topological polar surface area (TPSA) is 90.2 Å². The zero-order chi connectivity index (χ0) is 18.7. The molecule has 26 heavy (non-hydrogen) atoms. The van der Waals surface area contributed by atoms with E-state index in [1.54, 1.807) is 30.3 Å². The number of aryl methyl sites for hydroxylation is 2. The maximum atomic E-state index is 12.4. The molecule has 0 aliphatic carbocycles. The van der Waals surface area contributed by atoms with Crippen molar-refractivity contribution in [1.82, 2.24) is 19.8 Å². The van der Waals surface area contributed by atoms with Gasteiger partial charge in [-0.25, -0.2) is 4.68 Å². The summed E-state index contributed by atoms with van der Waals surface area (Å²) in [5.41, 5.74) is 3.53. The molecule has 0 unspecified atom stereocenters. The van der Waals surface area contributed by atoms with E-state index in [2.05, 4.69) is 42.2 Å². The van der Waals surface area contributed by atoms with Crippen LogP contribution in [0.2, 0.25) is 0 Å². The van der Waals surface area contributed by atoms with Crippen molar-refractivity contribution in [3.8, 4) is 11.6 Å². The van der Waals surface area contributed by atoms with Crippen molar-refractivity contribution < 1.29 is 9.21 Å². The van der Waals surface area contributed by atoms with Crippen LogP contribution < -0.4 is 5.84 Å². The number of hydrogen-bond acceptors (Lipinski definition) is 6. The van der Waals surface area contributed by atoms with Gasteiger partial charge in [-0.05, 0) is 37.1 Å². The van der Waals surface area contributed by atoms with E-state index >= 15 is 0 Å². The average molecular weight is 371 g/mol. The standard InChI is InChI=1S/C18H21N5O2S/c1-12-6-7-14(13(2)9-12)10-22(3)16(24)11-26-18-21-20-17(23(18)19)15-5-4-8-25-15/h4-9H,10-11,19H2,1-3H3. The second kappa shape index (κ2) is 7.65. The molecule has 0 spiro atoms. The van der Waals surface area contributed by atoms with Gasteiger partial charge in [-0.15, -0.1) is 10.2 Å². The summed E-state index contributed by atoms with van der Waals surface area (Å²) < 4.78 is 6.61. The minimum absolute atomic E-state index is 0.00229. The van der Waals surface area contributed by atoms with E-state index in [1.165, 1.54) is 27.6 Å². The Morgan fingerprint density at radius 3 is 2.81 bits per heavy atom. The van der Waals surface area contributed by atoms with Crippen LogP contribution in [0.5, 0.6) is 0 Å². The highest BCUT2D eigenvalue weighted by Gasteiger charge is 2.17. The number of nitrogens with two attached hydrogens (primary N) is 1. The van der Waals surface area contributed by atoms with Gasteiger partial charge in [-0.2, -0.15) is 0 Å². The van der Waals surface area contributed by atoms with Crippen molar-refractivity contribution in [2.45, 2.75) is 25.5 Å². The third-order valence-corrected chi connectivity index (χ3v) is 4.99. The summed E-state index contributed by atoms with van der Waals surface area (Å²) in [5.74, 6) is 7.19. The van der Waals surface area contributed by atoms with E-state index in [0.717, 1.165) is 5.56 Å². The molecule has 1 amide bonds. The molecule has 0 fully saturated rings. The molecule has 3 rings (SSSR count). The molecule has 1 aromatic carbocycles. The van der Waals surface area contributed by atoms with Gasteiger partial charge in [0.15, 0.2) is 5.76 Å². The van der Waals surface area contributed by atoms with Gasteiger partial charge >= 0.3 is 0 Å². The van der Waals surface area contributed by atoms with Crippen molar-refractivity contribution in [3.63, 3.8) is 0 Å². The van der Waals surface area contributed by atoms with Gasteiger partial charge in [0.25, 0.3) is 0 Å². The minimum atomic E-state index is -0.00229. The van der Waals surface area contributed by atoms with Crippen molar-refractivity contribution >= 4 is 17.7 Å². The Kier molecular flexibility index (Phi) is 5.32. The van der Waals surface area contributed by atoms with Gasteiger partial charge in [0.2, 0.25) is 16.9 Å². The molecule has 8 heteroatoms. The summed E-state index contributed by atoms with van der Waals surface area (Å²) in [4.78, 5) is 14.1. The van der Waals surface area contributed by atoms with Gasteiger partial charge in [0.1, 0.15) is 0 Å². The molecule has 7 nitrogen and oxygen atoms in total. The largest absolute Gasteiger partial charge is 0.461 e. The van der Waals surface area contributed by atoms with Crippen molar-refractivity contribution in [1.29, 1.82) is 0 Å². The summed E-state index contributed by atoms with van der Waals surface area (Å²) in [6, 6.07) is 9.75. The molecule has 0 aliphatic rings. The van der Waals surface area contributed by atoms with Gasteiger partial charge in [0.05, 0.1) is 12.0 Å². The highest BCUT2D eigenvalue weighted by Crippen LogP contribution is 2.22. The van der Waals surface area contributed by atoms with Crippen LogP contribution in [-0.4, -0.2) is 38.5 Å². The van der Waals surface area contributed by atoms with Crippen molar-refractivity contribution in [3.05, 3.63) is 53.3 Å². The fourth-order valence-corrected chi connectivity index (χ4v) is 3.35. The molecule has 3 aromatic rings. The highest BCUT2D eigenvalue weighted by molar-refractivity contribution is 7.99. The lowest BCUT2D eigenvalue weighted by atomic mass is 10.1. The Morgan fingerprint density at radius 1 is 1.31 bits per heavy atom. The smallest absolute Gasteiger partial charge is 0.233 e. The number of benzene rings is 1. The van der Waals surface area contributed by atoms with Gasteiger partial charge in [0, 0.05) is 13.6 Å². The number of amides is 1. The molecular formula is C18H21N5O2S. The Bertz CT molecular complexity index is 904. The van der Waals surface area contributed by atoms with E-state index in [1.807, 2.05) is 0 Å². The van der Waals surface area contributed by atoms with Crippen LogP contribution in [0.25, 0.3) is 11.6 Å². The molecule has 0 bridgehead atoms. The lowest BCUT2D eigenvalue weighted by molar-refractivity contribution is -0.127. The minimum Gasteiger partial charge on any atom is -0.461 e. The molecule has 0 radical (unpaired) electrons. The zero-order valence-electron chi connectivity index (χ0n) is 15.0. The maximum absolute atomic E-state index is 12.4. The van der Waals surface area contributed by atoms with Crippen molar-refractivity contribution in [2.75, 3.05) is 18.6 Å². The van der Waals surface area contributed by atoms with Crippen LogP contribution >= 0.6 is 11.8 Å². The number of rotatable bonds is 6. The van der Waals surface area contributed by atoms with Crippen LogP contribution in [0.4, 0.5) is 0 Å². The SMILES string of the molecule is Cc1ccc(CN(C)C(=O)CSc2nnc(-c3ccco3)n2N)c(C)c1. The summed E-state index contributed by atoms with van der Waals surface area (Å²) >= 11 is 1.25. The number of carbonyl (C=O) groups is 1. The molecule has 0 saturated heterocycles. The van der Waals surface area contributed by atoms with Crippen LogP contribution in [-0.2, 0) is 11.3 Å². The number of nitrogens with zero attached hydrogens (tertiary/aromatic N) is 4. The molecular weight excluding hydrogens is 350 g/mol. The van der Waals surface area contributed by atoms with Gasteiger partial charge < -0.3 is 15.2 Å². The number of hydrogen-bond donors (Lipinski definition) is 1. The van der Waals surface area contributed by atoms with E-state index < -0.39 is 0 Å². The Labute approximate surface area is 156 Å². The monoisotopic (exact) mass is 371 g/mol. The van der Waals surface area contributed by atoms with E-state index in [4.69, 9.17) is 10.3 Å². The fourth-order valence-electron chi connectivity index (χ4n) is 2.55. The molecule has 136 valence electrons. The number of carbonyl (C=O) groups excluding carboxylic acids is 1. The first kappa shape index (κ1) is 18.1. The number of aromatic nitrogens is 3. The number of nitrogen functional groups attached to an aromatic ring is 1. The van der Waals surface area contributed by atoms with Crippen LogP contribution in [0, 0.1) is 13.8 Å². The van der Waals surface area contributed by atoms with Crippen molar-refractivity contribution in [2.24, 2.45) is 0 Å². The van der Waals surface area contributed by atoms with Gasteiger partial charge in [-0.1, -0.05) is 35.5 Å². The molecule has 2 heterocycles. The third-order valence-electron chi connectivity index (χ3n) is 4.06. The first-order valence-corrected chi connectivity index (χ1v) is 9.11. The highest BCUT2D eigenvalue weighted by atomic mass is 32.2. The summed E-state index contributed by atoms with van der Waals surface area (Å²) in [6.45, 7) is 4.68. The molecule has 0 aliphatic heterocycles. The predicted octanol–water partition coefficient (Wildman–Crippen LogP) is 2.62. The first-order chi connectivity index (χ1) is 12.5. The summed E-state index contributed by atoms with van der Waals surface area (Å²) in [6.07, 6.45) is 1.54. The summed E-state index contributed by atoms with van der Waals surface area (Å²) in [7, 11) is 1.80. The van der Waals surface area contributed by atoms with Gasteiger partial charge in [-0.3, -0.25) is 4.79 Å². The van der Waals surface area contributed by atoms with E-state index in [0.29, 0.717) is 23.3 Å². The van der Waals surface area contributed by atoms with Crippen LogP contribution in [0.1, 0.15) is 16.7 Å². The van der Waals surface area contributed by atoms with E-state index in [9.17, 15) is 4.79 Å². The second-order valence-electron chi connectivity index (χ2n) is 6.12. The molecule has 0 saturated carbocycles. The summed E-state index contributed by atoms with van der Waals surface area (Å²) in [5, 5.41) is 8.51. The first-order valence-electron chi connectivity index (χ1n) is 8.13. The molecule has 2 N–H and O–H groups in total. The maximum Gasteiger partial charge on any atom is 0.233 e. The Hall–Kier alpha value is -2.74. The third kappa shape index (κ3) is 3.91. The number of thioether (sulfide) groups is 1. The fraction of sp³-hybridized carbons (Fsp3) is 0.278. The number of furan rings is 1. The Morgan fingerprint density at radius 2 is 2.12 bits per heavy atom. The second-order valence-corrected chi connectivity index (χ2v) is 7.06. The quantitative estimate of drug-likeness (QED) is 0.529. The van der Waals surface area contributed by atoms with E-state index in [-0.39, 0.29) is 11.7 Å². The van der Waals surface area contributed by atoms with Crippen LogP contribution in [0.3, 0.4) is 0 Å². The van der Waals surface area contributed by atoms with Crippen LogP contribution in [0.15, 0.2) is 46.2 Å². The normalized spacial score (nSPS) is 10.9. The predicted molar refractivity (Wildman–Crippen MR) is 101 cm³/mol. The zero-order valence-corrected chi connectivity index (χ0v) is 15.8. The lowest BCUT2D eigenvalue weighted by Gasteiger charge is -2.18. The molecule has 0 atom stereocenters. The molecule has 2 aromatic heterocycles. The average Bonchev–Trinajstić information content (AvgIpc) is 3.25. The lowest BCUT2D eigenvalue weighted by Crippen LogP contribution is -2.28.